The molecule has 1 aliphatic rings. The van der Waals surface area contributed by atoms with Gasteiger partial charge in [-0.2, -0.15) is 0 Å². The molecule has 4 atom stereocenters. The Morgan fingerprint density at radius 2 is 1.78 bits per heavy atom. The molecule has 0 aliphatic carbocycles. The van der Waals surface area contributed by atoms with E-state index in [1.54, 1.807) is 6.92 Å². The maximum absolute atomic E-state index is 12.3. The molecule has 1 fully saturated rings. The molecule has 4 nitrogen and oxygen atoms in total. The van der Waals surface area contributed by atoms with Crippen molar-refractivity contribution in [2.45, 2.75) is 39.7 Å². The summed E-state index contributed by atoms with van der Waals surface area (Å²) in [6.07, 6.45) is 1.80. The first-order valence-electron chi connectivity index (χ1n) is 8.61. The zero-order valence-electron chi connectivity index (χ0n) is 14.5. The van der Waals surface area contributed by atoms with E-state index >= 15 is 0 Å². The highest BCUT2D eigenvalue weighted by Crippen LogP contribution is 2.11. The lowest BCUT2D eigenvalue weighted by molar-refractivity contribution is -0.904. The van der Waals surface area contributed by atoms with Gasteiger partial charge in [-0.15, -0.1) is 0 Å². The molecule has 4 heteroatoms. The van der Waals surface area contributed by atoms with Crippen molar-refractivity contribution in [1.82, 2.24) is 5.32 Å². The summed E-state index contributed by atoms with van der Waals surface area (Å²) in [7, 11) is 0. The summed E-state index contributed by atoms with van der Waals surface area (Å²) in [6.45, 7) is 8.60. The first-order chi connectivity index (χ1) is 10.9. The standard InChI is InChI=1S/C19H28N2O2/c1-14-9-15(2)12-21(11-14)13-19(23)20-18(16(3)22)10-17-7-5-4-6-8-17/h4-8,14-15,18H,9-13H2,1-3H3,(H,20,23)/p+1/t14-,15+,18-/m0/s1. The summed E-state index contributed by atoms with van der Waals surface area (Å²) < 4.78 is 0. The first kappa shape index (κ1) is 17.7. The van der Waals surface area contributed by atoms with Crippen LogP contribution in [0.4, 0.5) is 0 Å². The summed E-state index contributed by atoms with van der Waals surface area (Å²) in [5.41, 5.74) is 1.07. The van der Waals surface area contributed by atoms with Gasteiger partial charge in [0.05, 0.1) is 19.1 Å². The second-order valence-electron chi connectivity index (χ2n) is 7.20. The van der Waals surface area contributed by atoms with Crippen molar-refractivity contribution in [1.29, 1.82) is 0 Å². The van der Waals surface area contributed by atoms with Crippen molar-refractivity contribution in [2.24, 2.45) is 11.8 Å². The maximum atomic E-state index is 12.3. The third-order valence-electron chi connectivity index (χ3n) is 4.60. The van der Waals surface area contributed by atoms with Crippen molar-refractivity contribution in [3.05, 3.63) is 35.9 Å². The largest absolute Gasteiger partial charge is 0.341 e. The number of carbonyl (C=O) groups excluding carboxylic acids is 2. The van der Waals surface area contributed by atoms with E-state index in [9.17, 15) is 9.59 Å². The predicted molar refractivity (Wildman–Crippen MR) is 91.3 cm³/mol. The Morgan fingerprint density at radius 3 is 2.35 bits per heavy atom. The lowest BCUT2D eigenvalue weighted by atomic mass is 9.92. The molecule has 1 aromatic carbocycles. The number of carbonyl (C=O) groups is 2. The van der Waals surface area contributed by atoms with Gasteiger partial charge in [0, 0.05) is 11.8 Å². The normalized spacial score (nSPS) is 25.6. The minimum absolute atomic E-state index is 0.0117. The van der Waals surface area contributed by atoms with Crippen molar-refractivity contribution in [3.8, 4) is 0 Å². The van der Waals surface area contributed by atoms with Crippen molar-refractivity contribution >= 4 is 11.7 Å². The molecule has 0 bridgehead atoms. The van der Waals surface area contributed by atoms with Gasteiger partial charge in [-0.05, 0) is 25.3 Å². The molecule has 1 saturated heterocycles. The lowest BCUT2D eigenvalue weighted by Crippen LogP contribution is -3.15. The molecule has 2 N–H and O–H groups in total. The summed E-state index contributed by atoms with van der Waals surface area (Å²) in [4.78, 5) is 25.5. The van der Waals surface area contributed by atoms with Gasteiger partial charge in [0.15, 0.2) is 12.3 Å². The van der Waals surface area contributed by atoms with Crippen LogP contribution in [0.15, 0.2) is 30.3 Å². The van der Waals surface area contributed by atoms with E-state index in [1.807, 2.05) is 30.3 Å². The molecule has 0 saturated carbocycles. The summed E-state index contributed by atoms with van der Waals surface area (Å²) in [6, 6.07) is 9.41. The quantitative estimate of drug-likeness (QED) is 0.818. The molecule has 23 heavy (non-hydrogen) atoms. The second kappa shape index (κ2) is 8.25. The highest BCUT2D eigenvalue weighted by Gasteiger charge is 2.27. The van der Waals surface area contributed by atoms with Crippen LogP contribution in [0.1, 0.15) is 32.8 Å². The predicted octanol–water partition coefficient (Wildman–Crippen LogP) is 0.864. The molecular weight excluding hydrogens is 288 g/mol. The number of rotatable bonds is 6. The van der Waals surface area contributed by atoms with Crippen LogP contribution in [0.3, 0.4) is 0 Å². The van der Waals surface area contributed by atoms with Crippen LogP contribution in [0.25, 0.3) is 0 Å². The Bertz CT molecular complexity index is 519. The van der Waals surface area contributed by atoms with E-state index in [4.69, 9.17) is 0 Å². The smallest absolute Gasteiger partial charge is 0.275 e. The Balaban J connectivity index is 1.89. The third kappa shape index (κ3) is 5.79. The molecular formula is C19H29N2O2+. The van der Waals surface area contributed by atoms with Crippen LogP contribution >= 0.6 is 0 Å². The van der Waals surface area contributed by atoms with Crippen molar-refractivity contribution < 1.29 is 14.5 Å². The molecule has 1 aromatic rings. The van der Waals surface area contributed by atoms with Crippen LogP contribution in [0.2, 0.25) is 0 Å². The topological polar surface area (TPSA) is 50.6 Å². The van der Waals surface area contributed by atoms with E-state index in [-0.39, 0.29) is 11.7 Å². The van der Waals surface area contributed by atoms with Gasteiger partial charge in [-0.3, -0.25) is 9.59 Å². The van der Waals surface area contributed by atoms with Crippen molar-refractivity contribution in [2.75, 3.05) is 19.6 Å². The molecule has 1 aliphatic heterocycles. The molecule has 1 heterocycles. The van der Waals surface area contributed by atoms with E-state index in [0.29, 0.717) is 24.8 Å². The van der Waals surface area contributed by atoms with E-state index in [2.05, 4.69) is 19.2 Å². The van der Waals surface area contributed by atoms with Gasteiger partial charge < -0.3 is 10.2 Å². The number of ketones is 1. The van der Waals surface area contributed by atoms with Gasteiger partial charge in [0.25, 0.3) is 5.91 Å². The van der Waals surface area contributed by atoms with Gasteiger partial charge in [0.1, 0.15) is 0 Å². The van der Waals surface area contributed by atoms with Crippen LogP contribution in [-0.2, 0) is 16.0 Å². The summed E-state index contributed by atoms with van der Waals surface area (Å²) in [5.74, 6) is 1.32. The minimum atomic E-state index is -0.427. The number of hydrogen-bond donors (Lipinski definition) is 2. The average molecular weight is 317 g/mol. The van der Waals surface area contributed by atoms with Crippen LogP contribution in [0.5, 0.6) is 0 Å². The number of nitrogens with one attached hydrogen (secondary N) is 2. The lowest BCUT2D eigenvalue weighted by Gasteiger charge is -2.31. The zero-order chi connectivity index (χ0) is 16.8. The summed E-state index contributed by atoms with van der Waals surface area (Å²) >= 11 is 0. The molecule has 126 valence electrons. The number of quaternary nitrogens is 1. The fourth-order valence-electron chi connectivity index (χ4n) is 3.69. The monoisotopic (exact) mass is 317 g/mol. The van der Waals surface area contributed by atoms with Crippen LogP contribution < -0.4 is 10.2 Å². The van der Waals surface area contributed by atoms with Gasteiger partial charge in [0.2, 0.25) is 0 Å². The molecule has 1 amide bonds. The summed E-state index contributed by atoms with van der Waals surface area (Å²) in [5, 5.41) is 2.93. The number of amides is 1. The van der Waals surface area contributed by atoms with Crippen LogP contribution in [0, 0.1) is 11.8 Å². The third-order valence-corrected chi connectivity index (χ3v) is 4.60. The SMILES string of the molecule is CC(=O)[C@H](Cc1ccccc1)NC(=O)C[NH+]1C[C@H](C)C[C@H](C)C1. The number of piperidine rings is 1. The Labute approximate surface area is 139 Å². The highest BCUT2D eigenvalue weighted by molar-refractivity contribution is 5.88. The van der Waals surface area contributed by atoms with Gasteiger partial charge >= 0.3 is 0 Å². The molecule has 0 radical (unpaired) electrons. The van der Waals surface area contributed by atoms with E-state index in [0.717, 1.165) is 18.7 Å². The number of benzene rings is 1. The average Bonchev–Trinajstić information content (AvgIpc) is 2.46. The molecule has 2 rings (SSSR count). The van der Waals surface area contributed by atoms with Crippen molar-refractivity contribution in [3.63, 3.8) is 0 Å². The second-order valence-corrected chi connectivity index (χ2v) is 7.20. The van der Waals surface area contributed by atoms with Gasteiger partial charge in [-0.25, -0.2) is 0 Å². The maximum Gasteiger partial charge on any atom is 0.275 e. The molecule has 1 unspecified atom stereocenters. The fraction of sp³-hybridized carbons (Fsp3) is 0.579. The Morgan fingerprint density at radius 1 is 1.17 bits per heavy atom. The number of hydrogen-bond acceptors (Lipinski definition) is 2. The van der Waals surface area contributed by atoms with E-state index < -0.39 is 6.04 Å². The number of likely N-dealkylation sites (tertiary alicyclic amines) is 1. The van der Waals surface area contributed by atoms with E-state index in [1.165, 1.54) is 11.3 Å². The molecule has 0 spiro atoms. The fourth-order valence-corrected chi connectivity index (χ4v) is 3.69. The van der Waals surface area contributed by atoms with Gasteiger partial charge in [-0.1, -0.05) is 44.2 Å². The first-order valence-corrected chi connectivity index (χ1v) is 8.61. The molecule has 0 aromatic heterocycles. The Kier molecular flexibility index (Phi) is 6.34. The van der Waals surface area contributed by atoms with Crippen LogP contribution in [-0.4, -0.2) is 37.4 Å². The minimum Gasteiger partial charge on any atom is -0.341 e. The zero-order valence-corrected chi connectivity index (χ0v) is 14.5. The Hall–Kier alpha value is -1.68. The number of Topliss-reactive ketones (excluding diaryl/α,β-unsaturated/α-hetero) is 1. The highest BCUT2D eigenvalue weighted by atomic mass is 16.2.